The van der Waals surface area contributed by atoms with Crippen LogP contribution in [0.1, 0.15) is 165 Å². The van der Waals surface area contributed by atoms with Crippen LogP contribution in [0.2, 0.25) is 0 Å². The predicted octanol–water partition coefficient (Wildman–Crippen LogP) is 9.40. The third kappa shape index (κ3) is 27.3. The molecule has 3 saturated heterocycles. The number of aliphatic hydroxyl groups excluding tert-OH is 1. The van der Waals surface area contributed by atoms with Crippen molar-refractivity contribution in [3.63, 3.8) is 0 Å². The highest BCUT2D eigenvalue weighted by Gasteiger charge is 2.53. The molecule has 7 aromatic rings. The number of fused-ring (bicyclic) bond motifs is 6. The highest BCUT2D eigenvalue weighted by atomic mass is 16.6. The first-order valence-corrected chi connectivity index (χ1v) is 48.3. The number of carbonyl (C=O) groups is 7. The molecule has 13 rings (SSSR count). The zero-order valence-corrected chi connectivity index (χ0v) is 81.2. The highest BCUT2D eigenvalue weighted by Crippen LogP contribution is 2.41. The van der Waals surface area contributed by atoms with Crippen molar-refractivity contribution in [1.29, 1.82) is 0 Å². The molecule has 5 aliphatic heterocycles. The van der Waals surface area contributed by atoms with Crippen molar-refractivity contribution in [2.45, 2.75) is 219 Å². The highest BCUT2D eigenvalue weighted by molar-refractivity contribution is 6.39. The topological polar surface area (TPSA) is 472 Å². The van der Waals surface area contributed by atoms with Crippen molar-refractivity contribution in [2.75, 3.05) is 148 Å². The molecule has 1 aliphatic carbocycles. The fourth-order valence-electron chi connectivity index (χ4n) is 19.3. The largest absolute Gasteiger partial charge is 0.460 e. The number of amides is 4. The number of rotatable bonds is 31. The van der Waals surface area contributed by atoms with Gasteiger partial charge in [-0.2, -0.15) is 10.1 Å². The van der Waals surface area contributed by atoms with Crippen LogP contribution in [-0.4, -0.2) is 294 Å². The Morgan fingerprint density at radius 2 is 1.38 bits per heavy atom. The Labute approximate surface area is 805 Å². The average Bonchev–Trinajstić information content (AvgIpc) is 1.62. The number of benzene rings is 2. The normalized spacial score (nSPS) is 26.9. The number of nitrogens with zero attached hydrogens (tertiary/aromatic N) is 13. The molecular weight excluding hydrogens is 1780 g/mol. The molecule has 0 spiro atoms. The molecular formula is C100H137N17O21. The van der Waals surface area contributed by atoms with E-state index in [1.165, 1.54) is 36.3 Å². The lowest BCUT2D eigenvalue weighted by Gasteiger charge is -2.43. The van der Waals surface area contributed by atoms with E-state index in [2.05, 4.69) is 63.7 Å². The van der Waals surface area contributed by atoms with E-state index in [9.17, 15) is 43.8 Å². The lowest BCUT2D eigenvalue weighted by molar-refractivity contribution is -0.265. The molecule has 4 fully saturated rings. The number of aliphatic hydroxyl groups is 2. The minimum atomic E-state index is -2.47. The number of Topliss-reactive ketones (excluding diaryl/α,β-unsaturated/α-hetero) is 2. The second-order valence-corrected chi connectivity index (χ2v) is 37.2. The Hall–Kier alpha value is -11.2. The second-order valence-electron chi connectivity index (χ2n) is 37.2. The summed E-state index contributed by atoms with van der Waals surface area (Å²) in [6, 6.07) is 10.7. The van der Waals surface area contributed by atoms with E-state index in [4.69, 9.17) is 73.1 Å². The number of allylic oxidation sites excluding steroid dienone is 5. The number of hydrogen-bond acceptors (Lipinski definition) is 33. The van der Waals surface area contributed by atoms with Gasteiger partial charge >= 0.3 is 12.1 Å². The summed E-state index contributed by atoms with van der Waals surface area (Å²) in [6.45, 7) is 20.1. The van der Waals surface area contributed by atoms with Crippen LogP contribution in [0.25, 0.3) is 33.4 Å². The summed E-state index contributed by atoms with van der Waals surface area (Å²) in [6.07, 6.45) is 18.9. The van der Waals surface area contributed by atoms with Crippen molar-refractivity contribution in [2.24, 2.45) is 35.5 Å². The number of esters is 1. The van der Waals surface area contributed by atoms with Gasteiger partial charge in [0.2, 0.25) is 23.6 Å². The first-order valence-electron chi connectivity index (χ1n) is 48.3. The zero-order chi connectivity index (χ0) is 98.1. The maximum atomic E-state index is 15.0. The molecule has 38 nitrogen and oxygen atoms in total. The van der Waals surface area contributed by atoms with Crippen LogP contribution >= 0.6 is 0 Å². The number of ether oxygens (including phenoxy) is 11. The smallest absolute Gasteiger partial charge is 0.407 e. The van der Waals surface area contributed by atoms with E-state index in [1.807, 2.05) is 103 Å². The summed E-state index contributed by atoms with van der Waals surface area (Å²) >= 11 is 0. The molecule has 6 aliphatic rings. The van der Waals surface area contributed by atoms with Gasteiger partial charge in [-0.05, 0) is 148 Å². The van der Waals surface area contributed by atoms with Crippen LogP contribution in [0.3, 0.4) is 0 Å². The maximum absolute atomic E-state index is 15.0. The number of cyclic esters (lactones) is 1. The fourth-order valence-corrected chi connectivity index (χ4v) is 19.3. The number of methoxy groups -OCH3 is 4. The number of hydrogen-bond donors (Lipinski definition) is 6. The number of carbonyl (C=O) groups excluding carboxylic acids is 7. The van der Waals surface area contributed by atoms with Gasteiger partial charge in [-0.1, -0.05) is 89.3 Å². The van der Waals surface area contributed by atoms with Crippen LogP contribution in [-0.2, 0) is 102 Å². The number of nitrogen functional groups attached to an aromatic ring is 2. The Balaban J connectivity index is 0.497. The van der Waals surface area contributed by atoms with Crippen molar-refractivity contribution in [3.05, 3.63) is 143 Å². The third-order valence-electron chi connectivity index (χ3n) is 27.4. The number of oxazole rings is 1. The summed E-state index contributed by atoms with van der Waals surface area (Å²) < 4.78 is 72.8. The zero-order valence-electron chi connectivity index (χ0n) is 81.2. The number of aromatic nitrogens is 9. The lowest BCUT2D eigenvalue weighted by atomic mass is 9.78. The van der Waals surface area contributed by atoms with Crippen LogP contribution in [0.15, 0.2) is 120 Å². The number of piperazine rings is 1. The molecule has 8 N–H and O–H groups in total. The van der Waals surface area contributed by atoms with Gasteiger partial charge in [-0.3, -0.25) is 24.0 Å². The van der Waals surface area contributed by atoms with Crippen molar-refractivity contribution in [1.82, 2.24) is 65.1 Å². The Bertz CT molecular complexity index is 5380. The molecule has 4 amide bonds. The number of piperidine rings is 1. The maximum Gasteiger partial charge on any atom is 0.407 e. The van der Waals surface area contributed by atoms with Gasteiger partial charge in [-0.15, -0.1) is 0 Å². The number of nitrogens with two attached hydrogens (primary N) is 2. The van der Waals surface area contributed by atoms with Gasteiger partial charge in [0, 0.05) is 154 Å². The summed E-state index contributed by atoms with van der Waals surface area (Å²) in [5.41, 5.74) is 21.0. The van der Waals surface area contributed by atoms with Gasteiger partial charge < -0.3 is 108 Å². The number of anilines is 4. The van der Waals surface area contributed by atoms with Crippen molar-refractivity contribution in [3.8, 4) is 11.3 Å². The number of alkyl carbamates (subject to hydrolysis) is 1. The summed E-state index contributed by atoms with van der Waals surface area (Å²) in [7, 11) is 6.14. The molecule has 2 aromatic carbocycles. The van der Waals surface area contributed by atoms with Crippen LogP contribution in [0.5, 0.6) is 0 Å². The molecule has 0 radical (unpaired) electrons. The molecule has 2 bridgehead atoms. The van der Waals surface area contributed by atoms with Gasteiger partial charge in [-0.25, -0.2) is 44.2 Å². The SMILES string of the molecule is CO[C@H]1C[C@@H]2CC[C@@H](C)[C@@](O)(O2)C(=O)C(=O)N2CCCC[C@H]2C(=O)O[C@H]([C@H](C)C[C@@H]2CC[C@@H](OC(=O)NCc3cnc(N4CCN(c5ncc(C(=O)NCCOCCOCCOCCOCCC(=O)N6CCc7cc(Cn8nc(-c9ccc%10oc(N)nc%10c9)c9c(N)ncnc98)ccc7C6)cn5)CC4)nc3)[C@H](OC)C2)C[C@@H](OC)[C@H](C)/C=C(\C)[C@@H](O)[C@@H](OC)C(=O)[C@H](C)C[C@H](C)/C=C/C=C/C=C/1C. The van der Waals surface area contributed by atoms with E-state index in [1.54, 1.807) is 53.6 Å². The second kappa shape index (κ2) is 50.1. The van der Waals surface area contributed by atoms with Crippen LogP contribution in [0.4, 0.5) is 28.5 Å². The first kappa shape index (κ1) is 104. The Morgan fingerprint density at radius 1 is 0.681 bits per heavy atom. The standard InChI is InChI=1S/C100H137N17O21/c1-61-17-13-12-14-18-62(2)80(127-8)51-75-25-20-67(7)100(126,138-75)90(121)94(123)116-31-16-15-19-77(116)95(124)135-82(52-81(128-9)63(3)46-66(6)88(120)89(130-11)87(119)65(5)45-61)64(4)47-68-22-26-79(83(49-68)129-10)137-99(125)108-55-70-53-104-97(105-54-70)113-33-35-114(36-34-113)98-106-56-74(57-107-98)93(122)103-30-38-132-40-42-134-44-43-133-41-39-131-37-29-84(118)115-32-28-71-48-69(21-23-73(71)59-115)58-117-92-85(91(101)109-60-110-92)86(112-117)72-24-27-78-76(50-72)111-96(102)136-78/h12-14,17-18,21,23-24,27,46,48,50,53-54,56-57,60-61,63-65,67-68,75,77,79-83,88-89,120,126H,15-16,19-20,22,25-26,28-45,47,49,51-52,55,58-59H2,1-11H3,(H2,102,111)(H,103,122)(H,108,125)(H2,101,109,110)/b14-12+,17-13+,62-18+,66-46+/t61-,63-,64-,65-,67-,68+,75+,77+,79-,80+,81-,82+,83-,88-,89+,100-/m1/s1. The lowest BCUT2D eigenvalue weighted by Crippen LogP contribution is -2.61. The van der Waals surface area contributed by atoms with E-state index in [0.29, 0.717) is 212 Å². The van der Waals surface area contributed by atoms with Gasteiger partial charge in [0.1, 0.15) is 53.8 Å². The molecule has 16 atom stereocenters. The van der Waals surface area contributed by atoms with Gasteiger partial charge in [0.05, 0.1) is 101 Å². The molecule has 5 aromatic heterocycles. The Morgan fingerprint density at radius 3 is 2.09 bits per heavy atom. The molecule has 138 heavy (non-hydrogen) atoms. The third-order valence-corrected chi connectivity index (χ3v) is 27.4. The molecule has 748 valence electrons. The molecule has 1 saturated carbocycles. The van der Waals surface area contributed by atoms with Crippen molar-refractivity contribution >= 4 is 87.2 Å². The number of nitrogens with one attached hydrogen (secondary N) is 2. The number of ketones is 2. The summed E-state index contributed by atoms with van der Waals surface area (Å²) in [5, 5.41) is 35.3. The van der Waals surface area contributed by atoms with Crippen LogP contribution < -0.4 is 31.9 Å². The molecule has 38 heteroatoms. The van der Waals surface area contributed by atoms with Gasteiger partial charge in [0.25, 0.3) is 23.6 Å². The quantitative estimate of drug-likeness (QED) is 0.0102. The van der Waals surface area contributed by atoms with Crippen LogP contribution in [0, 0.1) is 35.5 Å². The van der Waals surface area contributed by atoms with Crippen molar-refractivity contribution < 1.29 is 100 Å². The monoisotopic (exact) mass is 1910 g/mol. The van der Waals surface area contributed by atoms with E-state index in [0.717, 1.165) is 28.7 Å². The minimum Gasteiger partial charge on any atom is -0.460 e. The minimum absolute atomic E-state index is 0.00101. The van der Waals surface area contributed by atoms with E-state index < -0.39 is 102 Å². The summed E-state index contributed by atoms with van der Waals surface area (Å²) in [5.74, 6) is -6.44. The molecule has 10 heterocycles. The summed E-state index contributed by atoms with van der Waals surface area (Å²) in [4.78, 5) is 137. The van der Waals surface area contributed by atoms with Gasteiger partial charge in [0.15, 0.2) is 17.0 Å². The Kier molecular flexibility index (Phi) is 37.8. The fraction of sp³-hybridized carbons (Fsp3) is 0.590. The van der Waals surface area contributed by atoms with E-state index >= 15 is 0 Å². The predicted molar refractivity (Wildman–Crippen MR) is 513 cm³/mol. The average molecular weight is 1910 g/mol. The molecule has 0 unspecified atom stereocenters. The first-order chi connectivity index (χ1) is 66.6. The van der Waals surface area contributed by atoms with E-state index in [-0.39, 0.29) is 93.5 Å².